The van der Waals surface area contributed by atoms with Gasteiger partial charge in [-0.3, -0.25) is 4.90 Å². The van der Waals surface area contributed by atoms with E-state index in [1.54, 1.807) is 24.3 Å². The maximum atomic E-state index is 14.1. The lowest BCUT2D eigenvalue weighted by Crippen LogP contribution is -2.46. The van der Waals surface area contributed by atoms with Crippen LogP contribution < -0.4 is 4.90 Å². The number of phenolic OH excluding ortho intramolecular Hbond substituents is 1. The highest BCUT2D eigenvalue weighted by Crippen LogP contribution is 2.32. The SMILES string of the molecule is Oc1ccccc1-c1nc(N2CCN(CC=Cc3ccccc3)CC2)c2cc(F)ccc2n1. The minimum Gasteiger partial charge on any atom is -0.507 e. The molecule has 1 saturated heterocycles. The first-order valence-corrected chi connectivity index (χ1v) is 11.1. The van der Waals surface area contributed by atoms with Crippen molar-refractivity contribution in [2.24, 2.45) is 0 Å². The number of halogens is 1. The van der Waals surface area contributed by atoms with E-state index in [-0.39, 0.29) is 11.6 Å². The van der Waals surface area contributed by atoms with E-state index in [1.807, 2.05) is 24.3 Å². The van der Waals surface area contributed by atoms with E-state index in [9.17, 15) is 9.50 Å². The van der Waals surface area contributed by atoms with E-state index < -0.39 is 0 Å². The second-order valence-electron chi connectivity index (χ2n) is 8.15. The fraction of sp³-hybridized carbons (Fsp3) is 0.185. The second kappa shape index (κ2) is 9.38. The topological polar surface area (TPSA) is 52.5 Å². The molecule has 1 fully saturated rings. The van der Waals surface area contributed by atoms with Crippen molar-refractivity contribution >= 4 is 22.8 Å². The molecule has 5 nitrogen and oxygen atoms in total. The van der Waals surface area contributed by atoms with E-state index in [2.05, 4.69) is 39.1 Å². The lowest BCUT2D eigenvalue weighted by molar-refractivity contribution is 0.284. The van der Waals surface area contributed by atoms with Gasteiger partial charge in [0, 0.05) is 38.1 Å². The van der Waals surface area contributed by atoms with Gasteiger partial charge in [-0.1, -0.05) is 54.6 Å². The van der Waals surface area contributed by atoms with Crippen molar-refractivity contribution < 1.29 is 9.50 Å². The van der Waals surface area contributed by atoms with E-state index in [0.717, 1.165) is 32.7 Å². The van der Waals surface area contributed by atoms with Crippen LogP contribution in [-0.4, -0.2) is 52.7 Å². The van der Waals surface area contributed by atoms with Gasteiger partial charge in [-0.2, -0.15) is 0 Å². The third-order valence-corrected chi connectivity index (χ3v) is 5.93. The Balaban J connectivity index is 1.37. The van der Waals surface area contributed by atoms with Crippen molar-refractivity contribution in [3.8, 4) is 17.1 Å². The Morgan fingerprint density at radius 3 is 2.42 bits per heavy atom. The van der Waals surface area contributed by atoms with Crippen LogP contribution in [0, 0.1) is 5.82 Å². The molecule has 0 spiro atoms. The van der Waals surface area contributed by atoms with E-state index >= 15 is 0 Å². The lowest BCUT2D eigenvalue weighted by Gasteiger charge is -2.35. The van der Waals surface area contributed by atoms with Crippen molar-refractivity contribution in [2.75, 3.05) is 37.6 Å². The summed E-state index contributed by atoms with van der Waals surface area (Å²) >= 11 is 0. The Morgan fingerprint density at radius 1 is 0.879 bits per heavy atom. The Bertz CT molecular complexity index is 1280. The predicted molar refractivity (Wildman–Crippen MR) is 131 cm³/mol. The number of anilines is 1. The zero-order valence-corrected chi connectivity index (χ0v) is 18.2. The number of para-hydroxylation sites is 1. The summed E-state index contributed by atoms with van der Waals surface area (Å²) in [5.74, 6) is 0.958. The van der Waals surface area contributed by atoms with E-state index in [1.165, 1.54) is 17.7 Å². The average Bonchev–Trinajstić information content (AvgIpc) is 2.85. The first kappa shape index (κ1) is 21.1. The molecule has 166 valence electrons. The van der Waals surface area contributed by atoms with Gasteiger partial charge < -0.3 is 10.0 Å². The molecule has 1 aliphatic heterocycles. The molecular formula is C27H25FN4O. The summed E-state index contributed by atoms with van der Waals surface area (Å²) in [5.41, 5.74) is 2.42. The summed E-state index contributed by atoms with van der Waals surface area (Å²) in [6.45, 7) is 4.20. The quantitative estimate of drug-likeness (QED) is 0.475. The Labute approximate surface area is 192 Å². The van der Waals surface area contributed by atoms with Crippen molar-refractivity contribution in [2.45, 2.75) is 0 Å². The van der Waals surface area contributed by atoms with Crippen LogP contribution in [0.4, 0.5) is 10.2 Å². The van der Waals surface area contributed by atoms with Gasteiger partial charge in [-0.05, 0) is 35.9 Å². The van der Waals surface area contributed by atoms with Crippen molar-refractivity contribution in [3.05, 3.63) is 90.3 Å². The molecule has 3 aromatic carbocycles. The van der Waals surface area contributed by atoms with Gasteiger partial charge in [-0.15, -0.1) is 0 Å². The third-order valence-electron chi connectivity index (χ3n) is 5.93. The zero-order chi connectivity index (χ0) is 22.6. The van der Waals surface area contributed by atoms with Crippen LogP contribution in [0.1, 0.15) is 5.56 Å². The Morgan fingerprint density at radius 2 is 1.64 bits per heavy atom. The molecule has 33 heavy (non-hydrogen) atoms. The number of rotatable bonds is 5. The maximum Gasteiger partial charge on any atom is 0.165 e. The van der Waals surface area contributed by atoms with Crippen LogP contribution in [0.25, 0.3) is 28.4 Å². The second-order valence-corrected chi connectivity index (χ2v) is 8.15. The third kappa shape index (κ3) is 4.71. The number of nitrogens with zero attached hydrogens (tertiary/aromatic N) is 4. The normalized spacial score (nSPS) is 14.9. The first-order valence-electron chi connectivity index (χ1n) is 11.1. The number of aromatic nitrogens is 2. The van der Waals surface area contributed by atoms with Gasteiger partial charge >= 0.3 is 0 Å². The summed E-state index contributed by atoms with van der Waals surface area (Å²) in [4.78, 5) is 14.0. The molecule has 0 bridgehead atoms. The minimum atomic E-state index is -0.313. The summed E-state index contributed by atoms with van der Waals surface area (Å²) in [6.07, 6.45) is 4.34. The first-order chi connectivity index (χ1) is 16.2. The molecule has 1 N–H and O–H groups in total. The fourth-order valence-electron chi connectivity index (χ4n) is 4.15. The molecule has 0 atom stereocenters. The van der Waals surface area contributed by atoms with Gasteiger partial charge in [0.15, 0.2) is 5.82 Å². The van der Waals surface area contributed by atoms with Crippen molar-refractivity contribution in [1.29, 1.82) is 0 Å². The standard InChI is InChI=1S/C27H25FN4O/c28-21-12-13-24-23(19-21)27(30-26(29-24)22-10-4-5-11-25(22)33)32-17-15-31(16-18-32)14-6-9-20-7-2-1-3-8-20/h1-13,19,33H,14-18H2. The van der Waals surface area contributed by atoms with E-state index in [0.29, 0.717) is 28.1 Å². The fourth-order valence-corrected chi connectivity index (χ4v) is 4.15. The Kier molecular flexibility index (Phi) is 6.00. The molecule has 0 radical (unpaired) electrons. The highest BCUT2D eigenvalue weighted by atomic mass is 19.1. The number of fused-ring (bicyclic) bond motifs is 1. The molecule has 1 aliphatic rings. The zero-order valence-electron chi connectivity index (χ0n) is 18.2. The van der Waals surface area contributed by atoms with Gasteiger partial charge in [0.25, 0.3) is 0 Å². The minimum absolute atomic E-state index is 0.125. The highest BCUT2D eigenvalue weighted by molar-refractivity contribution is 5.91. The number of aromatic hydroxyl groups is 1. The summed E-state index contributed by atoms with van der Waals surface area (Å²) < 4.78 is 14.1. The number of piperazine rings is 1. The number of hydrogen-bond acceptors (Lipinski definition) is 5. The molecule has 0 amide bonds. The monoisotopic (exact) mass is 440 g/mol. The van der Waals surface area contributed by atoms with Gasteiger partial charge in [0.1, 0.15) is 17.4 Å². The molecule has 1 aromatic heterocycles. The van der Waals surface area contributed by atoms with Crippen LogP contribution in [0.15, 0.2) is 78.9 Å². The van der Waals surface area contributed by atoms with Crippen LogP contribution in [0.5, 0.6) is 5.75 Å². The van der Waals surface area contributed by atoms with Crippen LogP contribution in [-0.2, 0) is 0 Å². The number of benzene rings is 3. The summed E-state index contributed by atoms with van der Waals surface area (Å²) in [6, 6.07) is 21.9. The molecular weight excluding hydrogens is 415 g/mol. The van der Waals surface area contributed by atoms with Crippen LogP contribution >= 0.6 is 0 Å². The molecule has 0 saturated carbocycles. The van der Waals surface area contributed by atoms with Crippen LogP contribution in [0.3, 0.4) is 0 Å². The molecule has 2 heterocycles. The molecule has 0 unspecified atom stereocenters. The lowest BCUT2D eigenvalue weighted by atomic mass is 10.1. The van der Waals surface area contributed by atoms with Crippen molar-refractivity contribution in [3.63, 3.8) is 0 Å². The van der Waals surface area contributed by atoms with Gasteiger partial charge in [0.05, 0.1) is 11.1 Å². The maximum absolute atomic E-state index is 14.1. The van der Waals surface area contributed by atoms with E-state index in [4.69, 9.17) is 4.98 Å². The van der Waals surface area contributed by atoms with Crippen molar-refractivity contribution in [1.82, 2.24) is 14.9 Å². The Hall–Kier alpha value is -3.77. The van der Waals surface area contributed by atoms with Gasteiger partial charge in [-0.25, -0.2) is 14.4 Å². The number of hydrogen-bond donors (Lipinski definition) is 1. The molecule has 6 heteroatoms. The summed E-state index contributed by atoms with van der Waals surface area (Å²) in [7, 11) is 0. The molecule has 5 rings (SSSR count). The van der Waals surface area contributed by atoms with Gasteiger partial charge in [0.2, 0.25) is 0 Å². The smallest absolute Gasteiger partial charge is 0.165 e. The largest absolute Gasteiger partial charge is 0.507 e. The molecule has 4 aromatic rings. The summed E-state index contributed by atoms with van der Waals surface area (Å²) in [5, 5.41) is 11.0. The number of phenols is 1. The van der Waals surface area contributed by atoms with Crippen LogP contribution in [0.2, 0.25) is 0 Å². The predicted octanol–water partition coefficient (Wildman–Crippen LogP) is 4.98. The average molecular weight is 441 g/mol. The molecule has 0 aliphatic carbocycles. The highest BCUT2D eigenvalue weighted by Gasteiger charge is 2.21.